The van der Waals surface area contributed by atoms with Crippen molar-refractivity contribution in [3.63, 3.8) is 0 Å². The van der Waals surface area contributed by atoms with Crippen LogP contribution in [0.15, 0.2) is 30.3 Å². The highest BCUT2D eigenvalue weighted by atomic mass is 16.3. The second-order valence-corrected chi connectivity index (χ2v) is 14.2. The van der Waals surface area contributed by atoms with Crippen LogP contribution in [-0.2, 0) is 11.8 Å². The fourth-order valence-corrected chi connectivity index (χ4v) is 6.47. The van der Waals surface area contributed by atoms with Gasteiger partial charge in [0.15, 0.2) is 0 Å². The van der Waals surface area contributed by atoms with Gasteiger partial charge in [-0.1, -0.05) is 98.6 Å². The Balaban J connectivity index is 0.000000648. The number of hydrogen-bond donors (Lipinski definition) is 2. The summed E-state index contributed by atoms with van der Waals surface area (Å²) < 4.78 is 0. The molecule has 0 aliphatic heterocycles. The summed E-state index contributed by atoms with van der Waals surface area (Å²) in [6, 6.07) is 8.43. The van der Waals surface area contributed by atoms with Gasteiger partial charge in [-0.3, -0.25) is 4.98 Å². The van der Waals surface area contributed by atoms with Crippen LogP contribution in [0.3, 0.4) is 0 Å². The van der Waals surface area contributed by atoms with Gasteiger partial charge in [-0.25, -0.2) is 0 Å². The molecule has 2 N–H and O–H groups in total. The van der Waals surface area contributed by atoms with Crippen molar-refractivity contribution in [3.05, 3.63) is 69.5 Å². The Kier molecular flexibility index (Phi) is 9.13. The standard InChI is InChI=1S/C31H41NO2.C5H12/c1-19(2)28-27(29(34)21-11-13-22(14-12-21)30(3,4)5)25(20-9-6-7-10-20)26-23(32-28)17-31(15-8-16-31)18-24(26)33;1-4-5(2)3/h9,11-14,19,24,29,33-34H,6-8,10,15-18H2,1-5H3;5H,4H2,1-3H3. The summed E-state index contributed by atoms with van der Waals surface area (Å²) in [7, 11) is 0. The maximum Gasteiger partial charge on any atom is 0.106 e. The number of rotatable bonds is 5. The van der Waals surface area contributed by atoms with Gasteiger partial charge in [-0.15, -0.1) is 0 Å². The Morgan fingerprint density at radius 2 is 1.67 bits per heavy atom. The highest BCUT2D eigenvalue weighted by Gasteiger charge is 2.45. The maximum atomic E-state index is 11.9. The van der Waals surface area contributed by atoms with Gasteiger partial charge in [-0.05, 0) is 89.9 Å². The number of aromatic nitrogens is 1. The third-order valence-corrected chi connectivity index (χ3v) is 9.39. The first kappa shape index (κ1) is 30.0. The van der Waals surface area contributed by atoms with E-state index in [1.807, 2.05) is 0 Å². The first-order valence-electron chi connectivity index (χ1n) is 15.6. The average molecular weight is 532 g/mol. The molecule has 2 atom stereocenters. The van der Waals surface area contributed by atoms with Crippen LogP contribution >= 0.6 is 0 Å². The van der Waals surface area contributed by atoms with Crippen molar-refractivity contribution < 1.29 is 10.2 Å². The molecule has 1 saturated carbocycles. The van der Waals surface area contributed by atoms with Gasteiger partial charge >= 0.3 is 0 Å². The summed E-state index contributed by atoms with van der Waals surface area (Å²) in [6.07, 6.45) is 11.1. The molecule has 2 unspecified atom stereocenters. The van der Waals surface area contributed by atoms with E-state index in [1.54, 1.807) is 0 Å². The van der Waals surface area contributed by atoms with Crippen LogP contribution in [0.2, 0.25) is 0 Å². The largest absolute Gasteiger partial charge is 0.388 e. The molecule has 3 aliphatic rings. The molecule has 5 rings (SSSR count). The quantitative estimate of drug-likeness (QED) is 0.404. The van der Waals surface area contributed by atoms with Crippen molar-refractivity contribution in [2.75, 3.05) is 0 Å². The van der Waals surface area contributed by atoms with Gasteiger partial charge in [0.1, 0.15) is 6.10 Å². The number of allylic oxidation sites excluding steroid dienone is 2. The number of nitrogens with zero attached hydrogens (tertiary/aromatic N) is 1. The van der Waals surface area contributed by atoms with Crippen LogP contribution in [0.4, 0.5) is 0 Å². The molecule has 0 radical (unpaired) electrons. The van der Waals surface area contributed by atoms with Gasteiger partial charge in [0.05, 0.1) is 6.10 Å². The summed E-state index contributed by atoms with van der Waals surface area (Å²) in [5.41, 5.74) is 8.89. The van der Waals surface area contributed by atoms with Crippen LogP contribution in [0.1, 0.15) is 164 Å². The molecule has 1 aromatic heterocycles. The summed E-state index contributed by atoms with van der Waals surface area (Å²) in [5.74, 6) is 1.08. The summed E-state index contributed by atoms with van der Waals surface area (Å²) in [4.78, 5) is 5.23. The number of benzene rings is 1. The van der Waals surface area contributed by atoms with Gasteiger partial charge in [0.2, 0.25) is 0 Å². The summed E-state index contributed by atoms with van der Waals surface area (Å²) >= 11 is 0. The van der Waals surface area contributed by atoms with E-state index < -0.39 is 12.2 Å². The van der Waals surface area contributed by atoms with E-state index in [2.05, 4.69) is 85.7 Å². The van der Waals surface area contributed by atoms with Crippen LogP contribution in [0, 0.1) is 11.3 Å². The predicted molar refractivity (Wildman–Crippen MR) is 164 cm³/mol. The maximum absolute atomic E-state index is 11.9. The highest BCUT2D eigenvalue weighted by molar-refractivity contribution is 5.75. The molecule has 3 nitrogen and oxygen atoms in total. The molecule has 0 saturated heterocycles. The summed E-state index contributed by atoms with van der Waals surface area (Å²) in [6.45, 7) is 17.6. The molecule has 0 amide bonds. The van der Waals surface area contributed by atoms with Gasteiger partial charge in [0.25, 0.3) is 0 Å². The fourth-order valence-electron chi connectivity index (χ4n) is 6.47. The van der Waals surface area contributed by atoms with Gasteiger partial charge in [0, 0.05) is 22.5 Å². The lowest BCUT2D eigenvalue weighted by molar-refractivity contribution is 0.0240. The number of fused-ring (bicyclic) bond motifs is 1. The van der Waals surface area contributed by atoms with Crippen LogP contribution in [-0.4, -0.2) is 15.2 Å². The first-order chi connectivity index (χ1) is 18.4. The monoisotopic (exact) mass is 531 g/mol. The Hall–Kier alpha value is -1.97. The van der Waals surface area contributed by atoms with Crippen molar-refractivity contribution in [2.45, 2.75) is 137 Å². The Bertz CT molecular complexity index is 1160. The minimum atomic E-state index is -0.757. The number of hydrogen-bond acceptors (Lipinski definition) is 3. The molecule has 3 aliphatic carbocycles. The Labute approximate surface area is 238 Å². The first-order valence-corrected chi connectivity index (χ1v) is 15.6. The molecule has 1 spiro atoms. The van der Waals surface area contributed by atoms with Crippen LogP contribution in [0.25, 0.3) is 5.57 Å². The molecule has 0 bridgehead atoms. The molecule has 214 valence electrons. The van der Waals surface area contributed by atoms with Crippen molar-refractivity contribution in [1.29, 1.82) is 0 Å². The van der Waals surface area contributed by atoms with Crippen molar-refractivity contribution >= 4 is 5.57 Å². The normalized spacial score (nSPS) is 20.8. The highest BCUT2D eigenvalue weighted by Crippen LogP contribution is 2.55. The zero-order chi connectivity index (χ0) is 28.5. The van der Waals surface area contributed by atoms with E-state index >= 15 is 0 Å². The molecule has 3 heteroatoms. The van der Waals surface area contributed by atoms with Gasteiger partial charge < -0.3 is 10.2 Å². The average Bonchev–Trinajstić information content (AvgIpc) is 3.40. The van der Waals surface area contributed by atoms with Crippen molar-refractivity contribution in [3.8, 4) is 0 Å². The second kappa shape index (κ2) is 11.9. The number of aliphatic hydroxyl groups is 2. The lowest BCUT2D eigenvalue weighted by Crippen LogP contribution is -2.38. The summed E-state index contributed by atoms with van der Waals surface area (Å²) in [5, 5.41) is 23.3. The van der Waals surface area contributed by atoms with E-state index in [9.17, 15) is 10.2 Å². The predicted octanol–water partition coefficient (Wildman–Crippen LogP) is 9.35. The molecular formula is C36H53NO2. The van der Waals surface area contributed by atoms with E-state index in [0.717, 1.165) is 71.7 Å². The van der Waals surface area contributed by atoms with E-state index in [0.29, 0.717) is 0 Å². The zero-order valence-corrected chi connectivity index (χ0v) is 25.9. The third kappa shape index (κ3) is 6.35. The van der Waals surface area contributed by atoms with E-state index in [1.165, 1.54) is 36.8 Å². The minimum absolute atomic E-state index is 0.0708. The van der Waals surface area contributed by atoms with E-state index in [4.69, 9.17) is 4.98 Å². The Morgan fingerprint density at radius 3 is 2.13 bits per heavy atom. The smallest absolute Gasteiger partial charge is 0.106 e. The Morgan fingerprint density at radius 1 is 1.03 bits per heavy atom. The van der Waals surface area contributed by atoms with E-state index in [-0.39, 0.29) is 16.7 Å². The second-order valence-electron chi connectivity index (χ2n) is 14.2. The van der Waals surface area contributed by atoms with Crippen molar-refractivity contribution in [1.82, 2.24) is 4.98 Å². The fraction of sp³-hybridized carbons (Fsp3) is 0.639. The lowest BCUT2D eigenvalue weighted by atomic mass is 9.59. The SMILES string of the molecule is CC(C)c1nc2c(c(C3=CCCC3)c1C(O)c1ccc(C(C)(C)C)cc1)C(O)CC1(CCC1)C2.CCC(C)C. The molecule has 1 heterocycles. The molecule has 39 heavy (non-hydrogen) atoms. The zero-order valence-electron chi connectivity index (χ0n) is 25.9. The van der Waals surface area contributed by atoms with Gasteiger partial charge in [-0.2, -0.15) is 0 Å². The van der Waals surface area contributed by atoms with Crippen LogP contribution in [0.5, 0.6) is 0 Å². The topological polar surface area (TPSA) is 53.4 Å². The number of pyridine rings is 1. The molecule has 1 fully saturated rings. The molecule has 2 aromatic rings. The molecular weight excluding hydrogens is 478 g/mol. The van der Waals surface area contributed by atoms with Crippen molar-refractivity contribution in [2.24, 2.45) is 11.3 Å². The third-order valence-electron chi connectivity index (χ3n) is 9.39. The number of aliphatic hydroxyl groups excluding tert-OH is 2. The minimum Gasteiger partial charge on any atom is -0.388 e. The lowest BCUT2D eigenvalue weighted by Gasteiger charge is -2.47. The van der Waals surface area contributed by atoms with Crippen LogP contribution < -0.4 is 0 Å². The molecule has 1 aromatic carbocycles.